The van der Waals surface area contributed by atoms with E-state index in [0.717, 1.165) is 11.3 Å². The lowest BCUT2D eigenvalue weighted by Gasteiger charge is -2.21. The Balaban J connectivity index is 1.91. The minimum atomic E-state index is -0.199. The van der Waals surface area contributed by atoms with Crippen LogP contribution in [0.2, 0.25) is 0 Å². The average molecular weight is 375 g/mol. The lowest BCUT2D eigenvalue weighted by molar-refractivity contribution is 0.0976. The van der Waals surface area contributed by atoms with Crippen molar-refractivity contribution in [3.63, 3.8) is 0 Å². The Morgan fingerprint density at radius 1 is 0.893 bits per heavy atom. The van der Waals surface area contributed by atoms with Crippen LogP contribution in [0, 0.1) is 6.92 Å². The third-order valence-corrected chi connectivity index (χ3v) is 4.69. The second-order valence-corrected chi connectivity index (χ2v) is 6.67. The maximum Gasteiger partial charge on any atom is 0.165 e. The monoisotopic (exact) mass is 375 g/mol. The van der Waals surface area contributed by atoms with Gasteiger partial charge in [-0.1, -0.05) is 54.1 Å². The van der Waals surface area contributed by atoms with Gasteiger partial charge in [0.1, 0.15) is 0 Å². The molecule has 3 aromatic rings. The van der Waals surface area contributed by atoms with Crippen LogP contribution in [-0.2, 0) is 0 Å². The van der Waals surface area contributed by atoms with Gasteiger partial charge < -0.3 is 14.8 Å². The number of methoxy groups -OCH3 is 2. The zero-order valence-corrected chi connectivity index (χ0v) is 16.4. The zero-order valence-electron chi connectivity index (χ0n) is 16.4. The van der Waals surface area contributed by atoms with Crippen molar-refractivity contribution in [2.45, 2.75) is 19.4 Å². The van der Waals surface area contributed by atoms with E-state index in [1.807, 2.05) is 72.8 Å². The molecule has 1 N–H and O–H groups in total. The fraction of sp³-hybridized carbons (Fsp3) is 0.208. The van der Waals surface area contributed by atoms with E-state index in [9.17, 15) is 4.79 Å². The third kappa shape index (κ3) is 4.71. The Kier molecular flexibility index (Phi) is 6.33. The molecule has 0 radical (unpaired) electrons. The van der Waals surface area contributed by atoms with Crippen LogP contribution in [0.3, 0.4) is 0 Å². The fourth-order valence-electron chi connectivity index (χ4n) is 3.10. The molecular formula is C24H25NO3. The van der Waals surface area contributed by atoms with Crippen LogP contribution < -0.4 is 14.8 Å². The number of anilines is 1. The van der Waals surface area contributed by atoms with Crippen LogP contribution in [-0.4, -0.2) is 20.0 Å². The van der Waals surface area contributed by atoms with Crippen LogP contribution in [0.25, 0.3) is 0 Å². The number of hydrogen-bond donors (Lipinski definition) is 1. The molecule has 0 amide bonds. The minimum Gasteiger partial charge on any atom is -0.493 e. The van der Waals surface area contributed by atoms with Gasteiger partial charge in [-0.2, -0.15) is 0 Å². The summed E-state index contributed by atoms with van der Waals surface area (Å²) in [5.74, 6) is 1.39. The summed E-state index contributed by atoms with van der Waals surface area (Å²) in [4.78, 5) is 12.9. The molecule has 3 aromatic carbocycles. The molecule has 0 fully saturated rings. The number of Topliss-reactive ketones (excluding diaryl/α,β-unsaturated/α-hetero) is 1. The molecule has 0 heterocycles. The summed E-state index contributed by atoms with van der Waals surface area (Å²) in [6.45, 7) is 2.05. The second kappa shape index (κ2) is 9.09. The number of ether oxygens (including phenoxy) is 2. The number of benzene rings is 3. The molecule has 0 aliphatic carbocycles. The number of carbonyl (C=O) groups excluding carboxylic acids is 1. The summed E-state index contributed by atoms with van der Waals surface area (Å²) in [6.07, 6.45) is 0.327. The van der Waals surface area contributed by atoms with E-state index in [4.69, 9.17) is 9.47 Å². The molecule has 0 aromatic heterocycles. The lowest BCUT2D eigenvalue weighted by Crippen LogP contribution is -2.16. The Morgan fingerprint density at radius 3 is 2.21 bits per heavy atom. The first-order valence-corrected chi connectivity index (χ1v) is 9.24. The molecule has 0 saturated carbocycles. The van der Waals surface area contributed by atoms with Gasteiger partial charge in [-0.05, 0) is 36.8 Å². The van der Waals surface area contributed by atoms with Gasteiger partial charge in [-0.3, -0.25) is 4.79 Å². The van der Waals surface area contributed by atoms with Crippen molar-refractivity contribution >= 4 is 11.5 Å². The molecule has 0 spiro atoms. The average Bonchev–Trinajstić information content (AvgIpc) is 2.74. The molecule has 0 aliphatic heterocycles. The molecule has 1 unspecified atom stereocenters. The van der Waals surface area contributed by atoms with Crippen molar-refractivity contribution in [1.29, 1.82) is 0 Å². The van der Waals surface area contributed by atoms with E-state index in [1.165, 1.54) is 5.56 Å². The number of carbonyl (C=O) groups is 1. The standard InChI is InChI=1S/C24H25NO3/c1-17-9-12-20(13-10-17)25-21(16-22(26)18-7-5-4-6-8-18)19-11-14-23(27-2)24(15-19)28-3/h4-15,21,25H,16H2,1-3H3. The number of ketones is 1. The summed E-state index contributed by atoms with van der Waals surface area (Å²) >= 11 is 0. The quantitative estimate of drug-likeness (QED) is 0.533. The van der Waals surface area contributed by atoms with Gasteiger partial charge in [0.25, 0.3) is 0 Å². The van der Waals surface area contributed by atoms with Crippen LogP contribution in [0.15, 0.2) is 72.8 Å². The highest BCUT2D eigenvalue weighted by molar-refractivity contribution is 5.96. The SMILES string of the molecule is COc1ccc(C(CC(=O)c2ccccc2)Nc2ccc(C)cc2)cc1OC. The Hall–Kier alpha value is -3.27. The van der Waals surface area contributed by atoms with Crippen molar-refractivity contribution in [2.24, 2.45) is 0 Å². The second-order valence-electron chi connectivity index (χ2n) is 6.67. The molecule has 0 aliphatic rings. The minimum absolute atomic E-state index is 0.0833. The van der Waals surface area contributed by atoms with Gasteiger partial charge in [0.2, 0.25) is 0 Å². The number of aryl methyl sites for hydroxylation is 1. The van der Waals surface area contributed by atoms with Crippen LogP contribution in [0.1, 0.15) is 33.9 Å². The van der Waals surface area contributed by atoms with E-state index in [1.54, 1.807) is 14.2 Å². The van der Waals surface area contributed by atoms with Gasteiger partial charge in [0.15, 0.2) is 17.3 Å². The van der Waals surface area contributed by atoms with Crippen LogP contribution in [0.4, 0.5) is 5.69 Å². The molecule has 0 saturated heterocycles. The van der Waals surface area contributed by atoms with Crippen molar-refractivity contribution in [1.82, 2.24) is 0 Å². The van der Waals surface area contributed by atoms with E-state index in [0.29, 0.717) is 23.5 Å². The molecule has 0 bridgehead atoms. The summed E-state index contributed by atoms with van der Waals surface area (Å²) in [5.41, 5.74) is 3.82. The molecule has 4 nitrogen and oxygen atoms in total. The predicted octanol–water partition coefficient (Wildman–Crippen LogP) is 5.44. The fourth-order valence-corrected chi connectivity index (χ4v) is 3.10. The predicted molar refractivity (Wildman–Crippen MR) is 112 cm³/mol. The lowest BCUT2D eigenvalue weighted by atomic mass is 9.97. The molecule has 1 atom stereocenters. The molecule has 28 heavy (non-hydrogen) atoms. The van der Waals surface area contributed by atoms with Gasteiger partial charge in [0.05, 0.1) is 20.3 Å². The summed E-state index contributed by atoms with van der Waals surface area (Å²) in [5, 5.41) is 3.49. The molecule has 4 heteroatoms. The van der Waals surface area contributed by atoms with Gasteiger partial charge in [-0.25, -0.2) is 0 Å². The first-order chi connectivity index (χ1) is 13.6. The number of hydrogen-bond acceptors (Lipinski definition) is 4. The maximum absolute atomic E-state index is 12.9. The van der Waals surface area contributed by atoms with Gasteiger partial charge in [-0.15, -0.1) is 0 Å². The Labute approximate surface area is 166 Å². The summed E-state index contributed by atoms with van der Waals surface area (Å²) < 4.78 is 10.8. The zero-order chi connectivity index (χ0) is 19.9. The van der Waals surface area contributed by atoms with Crippen LogP contribution in [0.5, 0.6) is 11.5 Å². The van der Waals surface area contributed by atoms with E-state index in [-0.39, 0.29) is 11.8 Å². The van der Waals surface area contributed by atoms with Crippen molar-refractivity contribution < 1.29 is 14.3 Å². The smallest absolute Gasteiger partial charge is 0.165 e. The number of nitrogens with one attached hydrogen (secondary N) is 1. The van der Waals surface area contributed by atoms with Crippen molar-refractivity contribution in [2.75, 3.05) is 19.5 Å². The Bertz CT molecular complexity index is 920. The summed E-state index contributed by atoms with van der Waals surface area (Å²) in [6, 6.07) is 23.1. The van der Waals surface area contributed by atoms with E-state index < -0.39 is 0 Å². The van der Waals surface area contributed by atoms with Crippen molar-refractivity contribution in [3.05, 3.63) is 89.5 Å². The molecular weight excluding hydrogens is 350 g/mol. The Morgan fingerprint density at radius 2 is 1.57 bits per heavy atom. The third-order valence-electron chi connectivity index (χ3n) is 4.69. The first kappa shape index (κ1) is 19.5. The van der Waals surface area contributed by atoms with Gasteiger partial charge in [0, 0.05) is 17.7 Å². The first-order valence-electron chi connectivity index (χ1n) is 9.24. The molecule has 3 rings (SSSR count). The largest absolute Gasteiger partial charge is 0.493 e. The van der Waals surface area contributed by atoms with Gasteiger partial charge >= 0.3 is 0 Å². The normalized spacial score (nSPS) is 11.5. The molecule has 144 valence electrons. The number of rotatable bonds is 8. The highest BCUT2D eigenvalue weighted by Gasteiger charge is 2.19. The van der Waals surface area contributed by atoms with Crippen LogP contribution >= 0.6 is 0 Å². The highest BCUT2D eigenvalue weighted by Crippen LogP contribution is 2.33. The maximum atomic E-state index is 12.9. The summed E-state index contributed by atoms with van der Waals surface area (Å²) in [7, 11) is 3.22. The highest BCUT2D eigenvalue weighted by atomic mass is 16.5. The topological polar surface area (TPSA) is 47.6 Å². The van der Waals surface area contributed by atoms with Crippen molar-refractivity contribution in [3.8, 4) is 11.5 Å². The van der Waals surface area contributed by atoms with E-state index in [2.05, 4.69) is 12.2 Å². The van der Waals surface area contributed by atoms with E-state index >= 15 is 0 Å².